The molecule has 10 aromatic rings. The highest BCUT2D eigenvalue weighted by Crippen LogP contribution is 2.44. The Morgan fingerprint density at radius 2 is 0.480 bits per heavy atom. The molecule has 0 aliphatic carbocycles. The molecule has 15 heteroatoms. The minimum Gasteiger partial charge on any atom is -0.422 e. The number of fused-ring (bicyclic) bond motifs is 20. The van der Waals surface area contributed by atoms with E-state index in [-0.39, 0.29) is 0 Å². The van der Waals surface area contributed by atoms with Crippen LogP contribution in [0.3, 0.4) is 0 Å². The molecule has 75 heavy (non-hydrogen) atoms. The second kappa shape index (κ2) is 20.8. The maximum atomic E-state index is 7.99. The van der Waals surface area contributed by atoms with Crippen LogP contribution in [-0.4, -0.2) is 55.6 Å². The molecule has 6 aromatic carbocycles. The largest absolute Gasteiger partial charge is 0.550 e. The van der Waals surface area contributed by atoms with Gasteiger partial charge >= 0.3 is 14.4 Å². The highest BCUT2D eigenvalue weighted by atomic mass is 16.4. The molecular weight excluding hydrogens is 926 g/mol. The number of aromatic nitrogens is 4. The van der Waals surface area contributed by atoms with Crippen LogP contribution in [0, 0.1) is 0 Å². The zero-order valence-electron chi connectivity index (χ0n) is 44.8. The number of aliphatic imine (C=N–C) groups is 4. The lowest BCUT2D eigenvalue weighted by Gasteiger charge is -2.29. The summed E-state index contributed by atoms with van der Waals surface area (Å²) >= 11 is 0. The molecule has 13 nitrogen and oxygen atoms in total. The predicted molar refractivity (Wildman–Crippen MR) is 312 cm³/mol. The van der Waals surface area contributed by atoms with Crippen molar-refractivity contribution < 1.29 is 4.57 Å². The molecule has 0 amide bonds. The van der Waals surface area contributed by atoms with E-state index in [0.29, 0.717) is 46.0 Å². The van der Waals surface area contributed by atoms with Gasteiger partial charge in [0, 0.05) is 65.3 Å². The van der Waals surface area contributed by atoms with E-state index in [1.807, 2.05) is 156 Å². The van der Waals surface area contributed by atoms with Crippen molar-refractivity contribution in [1.29, 1.82) is 0 Å². The highest BCUT2D eigenvalue weighted by Gasteiger charge is 2.46. The predicted octanol–water partition coefficient (Wildman–Crippen LogP) is 12.6. The third kappa shape index (κ3) is 7.34. The van der Waals surface area contributed by atoms with Crippen molar-refractivity contribution in [1.82, 2.24) is 17.9 Å². The minimum atomic E-state index is -0.894. The van der Waals surface area contributed by atoms with Crippen LogP contribution >= 0.6 is 0 Å². The van der Waals surface area contributed by atoms with Crippen molar-refractivity contribution >= 4 is 104 Å². The number of benzene rings is 6. The lowest BCUT2D eigenvalue weighted by molar-refractivity contribution is 0.507. The summed E-state index contributed by atoms with van der Waals surface area (Å²) in [4.78, 5) is 43.0. The zero-order valence-corrected chi connectivity index (χ0v) is 44.8. The van der Waals surface area contributed by atoms with E-state index in [1.165, 1.54) is 0 Å². The first kappa shape index (κ1) is 50.0. The monoisotopic (exact) mass is 987 g/mol. The summed E-state index contributed by atoms with van der Waals surface area (Å²) < 4.78 is 16.4. The molecule has 10 heterocycles. The van der Waals surface area contributed by atoms with Gasteiger partial charge in [-0.25, -0.2) is 39.9 Å². The molecule has 6 aliphatic rings. The molecule has 0 spiro atoms. The van der Waals surface area contributed by atoms with Crippen molar-refractivity contribution in [3.8, 4) is 0 Å². The van der Waals surface area contributed by atoms with Gasteiger partial charge in [0.15, 0.2) is 23.3 Å². The van der Waals surface area contributed by atoms with Crippen LogP contribution < -0.4 is 22.0 Å². The van der Waals surface area contributed by atoms with Gasteiger partial charge in [-0.3, -0.25) is 0 Å². The third-order valence-corrected chi connectivity index (χ3v) is 13.1. The van der Waals surface area contributed by atoms with Crippen LogP contribution in [0.25, 0.3) is 43.1 Å². The van der Waals surface area contributed by atoms with Crippen LogP contribution in [0.1, 0.15) is 105 Å². The Kier molecular flexibility index (Phi) is 13.8. The molecule has 8 bridgehead atoms. The summed E-state index contributed by atoms with van der Waals surface area (Å²) in [5, 5.41) is 7.48. The summed E-state index contributed by atoms with van der Waals surface area (Å²) in [6.45, 7) is 24.0. The van der Waals surface area contributed by atoms with Gasteiger partial charge in [-0.15, -0.1) is 0 Å². The summed E-state index contributed by atoms with van der Waals surface area (Å²) in [6.07, 6.45) is 0. The fraction of sp³-hybridized carbons (Fsp3) is 0.200. The molecule has 0 N–H and O–H groups in total. The second-order valence-electron chi connectivity index (χ2n) is 16.3. The lowest BCUT2D eigenvalue weighted by atomic mass is 9.88. The van der Waals surface area contributed by atoms with Gasteiger partial charge in [-0.05, 0) is 0 Å². The normalized spacial score (nSPS) is 13.5. The first-order valence-corrected chi connectivity index (χ1v) is 26.8. The Bertz CT molecular complexity index is 4010. The minimum absolute atomic E-state index is 0.579. The summed E-state index contributed by atoms with van der Waals surface area (Å²) in [6, 6.07) is 49.5. The average Bonchev–Trinajstić information content (AvgIpc) is 4.33. The first-order chi connectivity index (χ1) is 37.2. The van der Waals surface area contributed by atoms with Crippen molar-refractivity contribution in [2.24, 2.45) is 39.9 Å². The number of rotatable bonds is 2. The smallest absolute Gasteiger partial charge is 0.422 e. The number of nitrogens with zero attached hydrogens (tertiary/aromatic N) is 12. The molecular formula is C60H60B2N12O. The molecule has 0 saturated heterocycles. The zero-order chi connectivity index (χ0) is 52.7. The van der Waals surface area contributed by atoms with Gasteiger partial charge in [0.1, 0.15) is 45.2 Å². The van der Waals surface area contributed by atoms with Crippen LogP contribution in [0.2, 0.25) is 0 Å². The van der Waals surface area contributed by atoms with Crippen molar-refractivity contribution in [2.75, 3.05) is 0 Å². The van der Waals surface area contributed by atoms with Gasteiger partial charge in [0.2, 0.25) is 0 Å². The van der Waals surface area contributed by atoms with Crippen molar-refractivity contribution in [3.05, 3.63) is 190 Å². The topological polar surface area (TPSA) is 128 Å². The molecule has 0 fully saturated rings. The Labute approximate surface area is 437 Å². The van der Waals surface area contributed by atoms with Crippen LogP contribution in [-0.2, 0) is 4.57 Å². The SMILES string of the molecule is CC.CC.CC.CC.CC.CC.c1ccc2c(c1)C1=NC2=Nc2c3ccccc3c3n2B(OB2n4c5c6ccccc6c4N=c4c6ccccc6c(n42)=NC2=NC(=N5)c4ccccc42)n2c(c4ccccc4c2=N3)=N1. The maximum absolute atomic E-state index is 7.99. The van der Waals surface area contributed by atoms with Gasteiger partial charge in [-0.1, -0.05) is 229 Å². The van der Waals surface area contributed by atoms with Gasteiger partial charge in [0.25, 0.3) is 0 Å². The fourth-order valence-electron chi connectivity index (χ4n) is 10.4. The van der Waals surface area contributed by atoms with E-state index in [4.69, 9.17) is 44.5 Å². The van der Waals surface area contributed by atoms with Crippen LogP contribution in [0.5, 0.6) is 0 Å². The summed E-state index contributed by atoms with van der Waals surface area (Å²) in [5.74, 6) is 5.10. The van der Waals surface area contributed by atoms with Gasteiger partial charge in [-0.2, -0.15) is 0 Å². The molecule has 16 rings (SSSR count). The quantitative estimate of drug-likeness (QED) is 0.157. The Hall–Kier alpha value is -8.55. The van der Waals surface area contributed by atoms with Crippen molar-refractivity contribution in [2.45, 2.75) is 83.1 Å². The fourth-order valence-corrected chi connectivity index (χ4v) is 10.4. The van der Waals surface area contributed by atoms with E-state index in [0.717, 1.165) is 88.0 Å². The average molecular weight is 987 g/mol. The summed E-state index contributed by atoms with van der Waals surface area (Å²) in [5.41, 5.74) is 6.44. The number of hydrogen-bond acceptors (Lipinski definition) is 9. The Morgan fingerprint density at radius 3 is 0.773 bits per heavy atom. The van der Waals surface area contributed by atoms with E-state index in [9.17, 15) is 0 Å². The first-order valence-electron chi connectivity index (χ1n) is 26.8. The number of amidine groups is 4. The number of hydrogen-bond donors (Lipinski definition) is 0. The lowest BCUT2D eigenvalue weighted by Crippen LogP contribution is -2.59. The van der Waals surface area contributed by atoms with E-state index < -0.39 is 14.4 Å². The van der Waals surface area contributed by atoms with E-state index in [2.05, 4.69) is 90.7 Å². The van der Waals surface area contributed by atoms with Crippen LogP contribution in [0.4, 0.5) is 23.3 Å². The van der Waals surface area contributed by atoms with Gasteiger partial charge < -0.3 is 22.5 Å². The maximum Gasteiger partial charge on any atom is 0.550 e. The molecule has 0 unspecified atom stereocenters. The van der Waals surface area contributed by atoms with Crippen molar-refractivity contribution in [3.63, 3.8) is 0 Å². The highest BCUT2D eigenvalue weighted by molar-refractivity contribution is 6.65. The summed E-state index contributed by atoms with van der Waals surface area (Å²) in [7, 11) is -1.79. The third-order valence-electron chi connectivity index (χ3n) is 13.1. The second-order valence-corrected chi connectivity index (χ2v) is 16.3. The van der Waals surface area contributed by atoms with Crippen LogP contribution in [0.15, 0.2) is 186 Å². The van der Waals surface area contributed by atoms with Gasteiger partial charge in [0.05, 0.1) is 0 Å². The molecule has 6 aliphatic heterocycles. The van der Waals surface area contributed by atoms with E-state index in [1.54, 1.807) is 0 Å². The standard InChI is InChI=1S/C48H24B2N12O.6C2H6/c1-2-14-26-25(13-1)37-51-38(26)54-42-30-18-6-10-22-34(30)46-57-45-33-21-9-5-17-29(33)41(53-37)59(45)49(60(42)46)63-50-61-43-31-19-7-11-23-35(31)47(61)58-48-36-24-12-8-20-32(36)44(62(48)50)56-40-28-16-4-3-15-27(28)39(52-40)55-43;6*1-2/h1-24H;6*1-2H3. The molecule has 0 saturated carbocycles. The molecule has 4 aromatic heterocycles. The Balaban J connectivity index is 0.000000503. The van der Waals surface area contributed by atoms with E-state index >= 15 is 0 Å². The molecule has 372 valence electrons. The Morgan fingerprint density at radius 1 is 0.253 bits per heavy atom. The molecule has 0 radical (unpaired) electrons. The molecule has 0 atom stereocenters.